The molecule has 3 aliphatic heterocycles. The van der Waals surface area contributed by atoms with Gasteiger partial charge >= 0.3 is 0 Å². The smallest absolute Gasteiger partial charge is 0.296 e. The molecule has 9 heteroatoms. The molecule has 1 atom stereocenters. The Morgan fingerprint density at radius 2 is 1.69 bits per heavy atom. The fraction of sp³-hybridized carbons (Fsp3) is 0.433. The van der Waals surface area contributed by atoms with Crippen LogP contribution in [0.15, 0.2) is 54.1 Å². The van der Waals surface area contributed by atoms with Crippen LogP contribution in [0.25, 0.3) is 5.76 Å². The number of aliphatic hydroxyl groups is 1. The van der Waals surface area contributed by atoms with E-state index in [9.17, 15) is 19.5 Å². The lowest BCUT2D eigenvalue weighted by molar-refractivity contribution is -0.144. The van der Waals surface area contributed by atoms with Crippen molar-refractivity contribution >= 4 is 29.0 Å². The molecule has 1 spiro atoms. The highest BCUT2D eigenvalue weighted by molar-refractivity contribution is 6.50. The molecule has 206 valence electrons. The molecular formula is C30H35N3O6. The number of ketones is 1. The Morgan fingerprint density at radius 3 is 2.38 bits per heavy atom. The van der Waals surface area contributed by atoms with Crippen LogP contribution in [-0.2, 0) is 24.7 Å². The van der Waals surface area contributed by atoms with E-state index in [-0.39, 0.29) is 23.8 Å². The number of likely N-dealkylation sites (tertiary alicyclic amines) is 1. The number of unbranched alkanes of at least 4 members (excludes halogenated alkanes) is 1. The van der Waals surface area contributed by atoms with Gasteiger partial charge in [0.05, 0.1) is 31.1 Å². The van der Waals surface area contributed by atoms with E-state index < -0.39 is 17.2 Å². The standard InChI is InChI=1S/C30H35N3O6/c1-3-5-14-32-24-9-7-6-8-23(24)30(29(32)37)25(26(34)21-10-12-22(13-11-21)39-4-2)27(35)28(36)33(30)16-15-31-17-19-38-20-18-31/h6-13,34H,3-5,14-20H2,1-2H3/t30-/m1/s1. The summed E-state index contributed by atoms with van der Waals surface area (Å²) in [5.74, 6) is -1.78. The molecule has 9 nitrogen and oxygen atoms in total. The Morgan fingerprint density at radius 1 is 0.974 bits per heavy atom. The number of hydrogen-bond donors (Lipinski definition) is 1. The lowest BCUT2D eigenvalue weighted by atomic mass is 9.82. The fourth-order valence-electron chi connectivity index (χ4n) is 5.79. The van der Waals surface area contributed by atoms with Gasteiger partial charge in [-0.2, -0.15) is 0 Å². The summed E-state index contributed by atoms with van der Waals surface area (Å²) in [6.07, 6.45) is 1.63. The summed E-state index contributed by atoms with van der Waals surface area (Å²) in [6.45, 7) is 8.08. The molecular weight excluding hydrogens is 498 g/mol. The molecule has 0 saturated carbocycles. The molecule has 0 aromatic heterocycles. The molecule has 0 unspecified atom stereocenters. The molecule has 3 heterocycles. The van der Waals surface area contributed by atoms with Crippen LogP contribution in [0.2, 0.25) is 0 Å². The summed E-state index contributed by atoms with van der Waals surface area (Å²) in [6, 6.07) is 13.9. The van der Waals surface area contributed by atoms with Gasteiger partial charge in [-0.3, -0.25) is 19.3 Å². The molecule has 2 saturated heterocycles. The number of carbonyl (C=O) groups is 3. The van der Waals surface area contributed by atoms with Gasteiger partial charge in [0.25, 0.3) is 17.6 Å². The van der Waals surface area contributed by atoms with Gasteiger partial charge in [-0.15, -0.1) is 0 Å². The number of morpholine rings is 1. The van der Waals surface area contributed by atoms with E-state index in [1.54, 1.807) is 41.3 Å². The highest BCUT2D eigenvalue weighted by Crippen LogP contribution is 2.53. The molecule has 39 heavy (non-hydrogen) atoms. The summed E-state index contributed by atoms with van der Waals surface area (Å²) >= 11 is 0. The Balaban J connectivity index is 1.67. The monoisotopic (exact) mass is 533 g/mol. The maximum absolute atomic E-state index is 14.5. The highest BCUT2D eigenvalue weighted by Gasteiger charge is 2.67. The molecule has 5 rings (SSSR count). The van der Waals surface area contributed by atoms with Gasteiger partial charge in [-0.05, 0) is 43.7 Å². The Labute approximate surface area is 228 Å². The predicted molar refractivity (Wildman–Crippen MR) is 147 cm³/mol. The number of amides is 2. The number of anilines is 1. The number of hydrogen-bond acceptors (Lipinski definition) is 7. The fourth-order valence-corrected chi connectivity index (χ4v) is 5.79. The molecule has 2 fully saturated rings. The average Bonchev–Trinajstić information content (AvgIpc) is 3.34. The van der Waals surface area contributed by atoms with Crippen LogP contribution < -0.4 is 9.64 Å². The van der Waals surface area contributed by atoms with E-state index in [0.717, 1.165) is 12.8 Å². The van der Waals surface area contributed by atoms with E-state index >= 15 is 0 Å². The molecule has 2 aromatic carbocycles. The predicted octanol–water partition coefficient (Wildman–Crippen LogP) is 3.14. The second-order valence-electron chi connectivity index (χ2n) is 9.96. The molecule has 0 aliphatic carbocycles. The minimum atomic E-state index is -1.74. The molecule has 2 amide bonds. The van der Waals surface area contributed by atoms with Crippen LogP contribution in [0.1, 0.15) is 37.8 Å². The first-order valence-electron chi connectivity index (χ1n) is 13.7. The summed E-state index contributed by atoms with van der Waals surface area (Å²) in [5.41, 5.74) is -0.393. The van der Waals surface area contributed by atoms with E-state index in [1.807, 2.05) is 26.0 Å². The van der Waals surface area contributed by atoms with Gasteiger partial charge in [0, 0.05) is 43.9 Å². The molecule has 0 bridgehead atoms. The maximum atomic E-state index is 14.5. The van der Waals surface area contributed by atoms with Gasteiger partial charge in [0.2, 0.25) is 0 Å². The number of nitrogens with zero attached hydrogens (tertiary/aromatic N) is 3. The number of aliphatic hydroxyl groups excluding tert-OH is 1. The number of benzene rings is 2. The van der Waals surface area contributed by atoms with Crippen molar-refractivity contribution in [3.8, 4) is 5.75 Å². The van der Waals surface area contributed by atoms with E-state index in [1.165, 1.54) is 4.90 Å². The number of rotatable bonds is 9. The van der Waals surface area contributed by atoms with Crippen LogP contribution in [0.3, 0.4) is 0 Å². The van der Waals surface area contributed by atoms with Gasteiger partial charge in [0.15, 0.2) is 5.54 Å². The summed E-state index contributed by atoms with van der Waals surface area (Å²) in [7, 11) is 0. The second-order valence-corrected chi connectivity index (χ2v) is 9.96. The zero-order valence-corrected chi connectivity index (χ0v) is 22.5. The van der Waals surface area contributed by atoms with E-state index in [0.29, 0.717) is 68.6 Å². The third-order valence-corrected chi connectivity index (χ3v) is 7.73. The van der Waals surface area contributed by atoms with Crippen LogP contribution in [-0.4, -0.2) is 85.0 Å². The zero-order valence-electron chi connectivity index (χ0n) is 22.5. The van der Waals surface area contributed by atoms with Crippen LogP contribution in [0, 0.1) is 0 Å². The number of carbonyl (C=O) groups excluding carboxylic acids is 3. The lowest BCUT2D eigenvalue weighted by Crippen LogP contribution is -2.54. The van der Waals surface area contributed by atoms with Gasteiger partial charge < -0.3 is 24.4 Å². The summed E-state index contributed by atoms with van der Waals surface area (Å²) < 4.78 is 11.0. The third kappa shape index (κ3) is 4.49. The molecule has 1 N–H and O–H groups in total. The Bertz CT molecular complexity index is 1280. The van der Waals surface area contributed by atoms with Crippen molar-refractivity contribution in [1.82, 2.24) is 9.80 Å². The van der Waals surface area contributed by atoms with E-state index in [4.69, 9.17) is 9.47 Å². The van der Waals surface area contributed by atoms with Crippen molar-refractivity contribution in [1.29, 1.82) is 0 Å². The average molecular weight is 534 g/mol. The van der Waals surface area contributed by atoms with Crippen LogP contribution in [0.4, 0.5) is 5.69 Å². The summed E-state index contributed by atoms with van der Waals surface area (Å²) in [4.78, 5) is 47.2. The number of ether oxygens (including phenoxy) is 2. The van der Waals surface area contributed by atoms with Crippen LogP contribution >= 0.6 is 0 Å². The van der Waals surface area contributed by atoms with Crippen molar-refractivity contribution in [3.05, 3.63) is 65.2 Å². The zero-order chi connectivity index (χ0) is 27.6. The van der Waals surface area contributed by atoms with Gasteiger partial charge in [-0.1, -0.05) is 31.5 Å². The first kappa shape index (κ1) is 26.9. The SMILES string of the molecule is CCCCN1C(=O)[C@]2(C(=C(O)c3ccc(OCC)cc3)C(=O)C(=O)N2CCN2CCOCC2)c2ccccc21. The van der Waals surface area contributed by atoms with Crippen molar-refractivity contribution < 1.29 is 29.0 Å². The van der Waals surface area contributed by atoms with Crippen LogP contribution in [0.5, 0.6) is 5.75 Å². The largest absolute Gasteiger partial charge is 0.507 e. The maximum Gasteiger partial charge on any atom is 0.296 e. The first-order valence-corrected chi connectivity index (χ1v) is 13.7. The topological polar surface area (TPSA) is 99.6 Å². The lowest BCUT2D eigenvalue weighted by Gasteiger charge is -2.36. The normalized spacial score (nSPS) is 22.7. The minimum Gasteiger partial charge on any atom is -0.507 e. The third-order valence-electron chi connectivity index (χ3n) is 7.73. The van der Waals surface area contributed by atoms with Gasteiger partial charge in [0.1, 0.15) is 11.5 Å². The highest BCUT2D eigenvalue weighted by atomic mass is 16.5. The molecule has 2 aromatic rings. The van der Waals surface area contributed by atoms with Crippen molar-refractivity contribution in [2.24, 2.45) is 0 Å². The number of fused-ring (bicyclic) bond motifs is 2. The van der Waals surface area contributed by atoms with Gasteiger partial charge in [-0.25, -0.2) is 0 Å². The summed E-state index contributed by atoms with van der Waals surface area (Å²) in [5, 5.41) is 11.6. The van der Waals surface area contributed by atoms with Crippen molar-refractivity contribution in [2.45, 2.75) is 32.2 Å². The molecule has 0 radical (unpaired) electrons. The van der Waals surface area contributed by atoms with Crippen molar-refractivity contribution in [3.63, 3.8) is 0 Å². The first-order chi connectivity index (χ1) is 18.9. The van der Waals surface area contributed by atoms with Crippen molar-refractivity contribution in [2.75, 3.05) is 57.4 Å². The quantitative estimate of drug-likeness (QED) is 0.300. The molecule has 3 aliphatic rings. The minimum absolute atomic E-state index is 0.159. The Hall–Kier alpha value is -3.69. The number of Topliss-reactive ketones (excluding diaryl/α,β-unsaturated/α-hetero) is 1. The second kappa shape index (κ2) is 11.2. The Kier molecular flexibility index (Phi) is 7.72. The van der Waals surface area contributed by atoms with E-state index in [2.05, 4.69) is 4.90 Å². The number of para-hydroxylation sites is 1.